The molecule has 2 aromatic rings. The molecular formula is C13H14N4O. The average Bonchev–Trinajstić information content (AvgIpc) is 2.35. The van der Waals surface area contributed by atoms with Gasteiger partial charge in [0, 0.05) is 17.6 Å². The highest BCUT2D eigenvalue weighted by Crippen LogP contribution is 2.13. The van der Waals surface area contributed by atoms with Gasteiger partial charge in [-0.15, -0.1) is 0 Å². The van der Waals surface area contributed by atoms with Crippen molar-refractivity contribution in [3.63, 3.8) is 0 Å². The molecule has 1 heterocycles. The van der Waals surface area contributed by atoms with E-state index in [2.05, 4.69) is 15.6 Å². The lowest BCUT2D eigenvalue weighted by Crippen LogP contribution is -2.20. The van der Waals surface area contributed by atoms with E-state index in [4.69, 9.17) is 5.73 Å². The summed E-state index contributed by atoms with van der Waals surface area (Å²) in [5, 5.41) is 5.44. The highest BCUT2D eigenvalue weighted by Gasteiger charge is 2.04. The number of nitrogen functional groups attached to an aromatic ring is 1. The number of carbonyl (C=O) groups excluding carboxylic acids is 1. The minimum Gasteiger partial charge on any atom is -0.399 e. The van der Waals surface area contributed by atoms with E-state index < -0.39 is 0 Å². The Morgan fingerprint density at radius 3 is 2.56 bits per heavy atom. The van der Waals surface area contributed by atoms with Crippen LogP contribution in [0.4, 0.5) is 21.9 Å². The fraction of sp³-hybridized carbons (Fsp3) is 0.0769. The molecule has 0 bridgehead atoms. The van der Waals surface area contributed by atoms with Crippen LogP contribution >= 0.6 is 0 Å². The number of aromatic nitrogens is 1. The van der Waals surface area contributed by atoms with Crippen LogP contribution in [0.5, 0.6) is 0 Å². The predicted octanol–water partition coefficient (Wildman–Crippen LogP) is 2.62. The Balaban J connectivity index is 2.01. The van der Waals surface area contributed by atoms with Crippen molar-refractivity contribution in [2.45, 2.75) is 6.92 Å². The summed E-state index contributed by atoms with van der Waals surface area (Å²) in [5.74, 6) is 0. The van der Waals surface area contributed by atoms with E-state index in [0.717, 1.165) is 5.56 Å². The molecular weight excluding hydrogens is 228 g/mol. The van der Waals surface area contributed by atoms with Gasteiger partial charge >= 0.3 is 6.03 Å². The van der Waals surface area contributed by atoms with Crippen molar-refractivity contribution in [1.29, 1.82) is 0 Å². The van der Waals surface area contributed by atoms with Crippen molar-refractivity contribution in [2.75, 3.05) is 16.4 Å². The third-order valence-electron chi connectivity index (χ3n) is 2.46. The second kappa shape index (κ2) is 5.18. The topological polar surface area (TPSA) is 80.0 Å². The van der Waals surface area contributed by atoms with Gasteiger partial charge in [0.2, 0.25) is 0 Å². The minimum atomic E-state index is -0.309. The van der Waals surface area contributed by atoms with Crippen LogP contribution in [-0.4, -0.2) is 11.0 Å². The van der Waals surface area contributed by atoms with Crippen LogP contribution < -0.4 is 16.4 Å². The largest absolute Gasteiger partial charge is 0.399 e. The second-order valence-electron chi connectivity index (χ2n) is 3.89. The van der Waals surface area contributed by atoms with E-state index in [1.54, 1.807) is 36.7 Å². The standard InChI is InChI=1S/C13H14N4O/c1-9-6-7-15-8-12(9)17-13(18)16-11-4-2-10(14)3-5-11/h2-8H,14H2,1H3,(H2,16,17,18). The van der Waals surface area contributed by atoms with Crippen LogP contribution in [0.25, 0.3) is 0 Å². The van der Waals surface area contributed by atoms with Crippen molar-refractivity contribution >= 4 is 23.1 Å². The Bertz CT molecular complexity index is 551. The predicted molar refractivity (Wildman–Crippen MR) is 72.5 cm³/mol. The second-order valence-corrected chi connectivity index (χ2v) is 3.89. The summed E-state index contributed by atoms with van der Waals surface area (Å²) in [5.41, 5.74) is 8.55. The number of hydrogen-bond acceptors (Lipinski definition) is 3. The van der Waals surface area contributed by atoms with E-state index >= 15 is 0 Å². The molecule has 92 valence electrons. The van der Waals surface area contributed by atoms with Crippen LogP contribution in [0.3, 0.4) is 0 Å². The molecule has 0 saturated heterocycles. The first-order chi connectivity index (χ1) is 8.65. The van der Waals surface area contributed by atoms with E-state index in [9.17, 15) is 4.79 Å². The Kier molecular flexibility index (Phi) is 3.43. The van der Waals surface area contributed by atoms with E-state index in [0.29, 0.717) is 17.1 Å². The molecule has 0 aliphatic heterocycles. The molecule has 18 heavy (non-hydrogen) atoms. The van der Waals surface area contributed by atoms with Crippen molar-refractivity contribution in [1.82, 2.24) is 4.98 Å². The SMILES string of the molecule is Cc1ccncc1NC(=O)Nc1ccc(N)cc1. The van der Waals surface area contributed by atoms with Crippen LogP contribution in [0, 0.1) is 6.92 Å². The van der Waals surface area contributed by atoms with Crippen molar-refractivity contribution < 1.29 is 4.79 Å². The molecule has 1 aromatic heterocycles. The van der Waals surface area contributed by atoms with Crippen LogP contribution in [0.15, 0.2) is 42.7 Å². The Morgan fingerprint density at radius 2 is 1.89 bits per heavy atom. The number of nitrogens with two attached hydrogens (primary N) is 1. The third kappa shape index (κ3) is 2.98. The summed E-state index contributed by atoms with van der Waals surface area (Å²) < 4.78 is 0. The first kappa shape index (κ1) is 11.9. The number of hydrogen-bond donors (Lipinski definition) is 3. The molecule has 0 spiro atoms. The summed E-state index contributed by atoms with van der Waals surface area (Å²) in [4.78, 5) is 15.7. The summed E-state index contributed by atoms with van der Waals surface area (Å²) in [6.07, 6.45) is 3.29. The Hall–Kier alpha value is -2.56. The van der Waals surface area contributed by atoms with Gasteiger partial charge in [-0.1, -0.05) is 0 Å². The number of rotatable bonds is 2. The van der Waals surface area contributed by atoms with Gasteiger partial charge in [-0.3, -0.25) is 4.98 Å². The quantitative estimate of drug-likeness (QED) is 0.708. The number of anilines is 3. The van der Waals surface area contributed by atoms with Gasteiger partial charge in [-0.2, -0.15) is 0 Å². The number of benzene rings is 1. The number of carbonyl (C=O) groups is 1. The zero-order valence-electron chi connectivity index (χ0n) is 9.97. The average molecular weight is 242 g/mol. The minimum absolute atomic E-state index is 0.309. The first-order valence-electron chi connectivity index (χ1n) is 5.49. The van der Waals surface area contributed by atoms with Crippen molar-refractivity contribution in [2.24, 2.45) is 0 Å². The Morgan fingerprint density at radius 1 is 1.17 bits per heavy atom. The number of pyridine rings is 1. The molecule has 0 saturated carbocycles. The van der Waals surface area contributed by atoms with Crippen LogP contribution in [0.1, 0.15) is 5.56 Å². The number of urea groups is 1. The molecule has 4 N–H and O–H groups in total. The highest BCUT2D eigenvalue weighted by atomic mass is 16.2. The van der Waals surface area contributed by atoms with Crippen LogP contribution in [0.2, 0.25) is 0 Å². The van der Waals surface area contributed by atoms with Gasteiger partial charge in [0.15, 0.2) is 0 Å². The van der Waals surface area contributed by atoms with Gasteiger partial charge in [0.25, 0.3) is 0 Å². The zero-order valence-corrected chi connectivity index (χ0v) is 9.97. The maximum absolute atomic E-state index is 11.7. The maximum Gasteiger partial charge on any atom is 0.323 e. The molecule has 0 aliphatic carbocycles. The molecule has 5 heteroatoms. The number of nitrogens with zero attached hydrogens (tertiary/aromatic N) is 1. The van der Waals surface area contributed by atoms with Gasteiger partial charge in [0.05, 0.1) is 11.9 Å². The van der Waals surface area contributed by atoms with Gasteiger partial charge < -0.3 is 16.4 Å². The molecule has 5 nitrogen and oxygen atoms in total. The highest BCUT2D eigenvalue weighted by molar-refractivity contribution is 6.00. The molecule has 0 atom stereocenters. The number of nitrogens with one attached hydrogen (secondary N) is 2. The third-order valence-corrected chi connectivity index (χ3v) is 2.46. The lowest BCUT2D eigenvalue weighted by atomic mass is 10.2. The van der Waals surface area contributed by atoms with E-state index in [1.165, 1.54) is 0 Å². The summed E-state index contributed by atoms with van der Waals surface area (Å²) in [6, 6.07) is 8.46. The molecule has 0 fully saturated rings. The molecule has 2 rings (SSSR count). The molecule has 0 unspecified atom stereocenters. The maximum atomic E-state index is 11.7. The smallest absolute Gasteiger partial charge is 0.323 e. The fourth-order valence-electron chi connectivity index (χ4n) is 1.45. The summed E-state index contributed by atoms with van der Waals surface area (Å²) in [6.45, 7) is 1.90. The summed E-state index contributed by atoms with van der Waals surface area (Å²) >= 11 is 0. The lowest BCUT2D eigenvalue weighted by Gasteiger charge is -2.09. The molecule has 2 amide bonds. The van der Waals surface area contributed by atoms with Crippen LogP contribution in [-0.2, 0) is 0 Å². The van der Waals surface area contributed by atoms with Crippen molar-refractivity contribution in [3.05, 3.63) is 48.3 Å². The molecule has 0 radical (unpaired) electrons. The van der Waals surface area contributed by atoms with E-state index in [1.807, 2.05) is 13.0 Å². The van der Waals surface area contributed by atoms with Gasteiger partial charge in [-0.05, 0) is 42.8 Å². The molecule has 1 aromatic carbocycles. The summed E-state index contributed by atoms with van der Waals surface area (Å²) in [7, 11) is 0. The van der Waals surface area contributed by atoms with Gasteiger partial charge in [-0.25, -0.2) is 4.79 Å². The van der Waals surface area contributed by atoms with Crippen molar-refractivity contribution in [3.8, 4) is 0 Å². The van der Waals surface area contributed by atoms with Gasteiger partial charge in [0.1, 0.15) is 0 Å². The zero-order chi connectivity index (χ0) is 13.0. The number of amides is 2. The number of aryl methyl sites for hydroxylation is 1. The molecule has 0 aliphatic rings. The fourth-order valence-corrected chi connectivity index (χ4v) is 1.45. The Labute approximate surface area is 105 Å². The first-order valence-corrected chi connectivity index (χ1v) is 5.49. The normalized spacial score (nSPS) is 9.83. The monoisotopic (exact) mass is 242 g/mol. The van der Waals surface area contributed by atoms with E-state index in [-0.39, 0.29) is 6.03 Å². The lowest BCUT2D eigenvalue weighted by molar-refractivity contribution is 0.262.